The number of rotatable bonds is 2. The van der Waals surface area contributed by atoms with E-state index in [0.717, 1.165) is 16.7 Å². The van der Waals surface area contributed by atoms with E-state index in [9.17, 15) is 28.5 Å². The lowest BCUT2D eigenvalue weighted by Gasteiger charge is -2.28. The standard InChI is InChI=1S/C19H17F3N2O4/c1-17-7-9(8-25)18(2,28-17)14-13(17)15(26)24(16(14)27)10-4-5-12(23-3)11(6-10)19(20,21)22/h4-6,9,25-27H,7-8H2,1-2H3/t9-,17?,18?/m1/s1. The van der Waals surface area contributed by atoms with Gasteiger partial charge in [-0.25, -0.2) is 4.85 Å². The summed E-state index contributed by atoms with van der Waals surface area (Å²) in [7, 11) is 0. The first kappa shape index (κ1) is 18.7. The van der Waals surface area contributed by atoms with E-state index >= 15 is 0 Å². The third kappa shape index (κ3) is 2.16. The topological polar surface area (TPSA) is 79.2 Å². The van der Waals surface area contributed by atoms with Crippen LogP contribution in [0.4, 0.5) is 18.9 Å². The zero-order chi connectivity index (χ0) is 20.6. The van der Waals surface area contributed by atoms with Gasteiger partial charge in [-0.05, 0) is 32.4 Å². The molecule has 0 radical (unpaired) electrons. The highest BCUT2D eigenvalue weighted by Gasteiger charge is 2.64. The minimum Gasteiger partial charge on any atom is -0.494 e. The van der Waals surface area contributed by atoms with Crippen molar-refractivity contribution in [2.75, 3.05) is 6.61 Å². The number of ether oxygens (including phenoxy) is 1. The summed E-state index contributed by atoms with van der Waals surface area (Å²) in [4.78, 5) is 2.89. The molecule has 2 aliphatic rings. The third-order valence-electron chi connectivity index (χ3n) is 5.88. The first-order valence-corrected chi connectivity index (χ1v) is 8.55. The van der Waals surface area contributed by atoms with E-state index in [1.165, 1.54) is 6.07 Å². The van der Waals surface area contributed by atoms with E-state index in [-0.39, 0.29) is 23.8 Å². The van der Waals surface area contributed by atoms with Crippen molar-refractivity contribution < 1.29 is 33.2 Å². The first-order chi connectivity index (χ1) is 13.0. The molecule has 0 saturated carbocycles. The Labute approximate surface area is 158 Å². The van der Waals surface area contributed by atoms with Crippen LogP contribution in [0.25, 0.3) is 10.5 Å². The van der Waals surface area contributed by atoms with Crippen molar-refractivity contribution in [1.82, 2.24) is 4.57 Å². The molecule has 3 atom stereocenters. The van der Waals surface area contributed by atoms with Gasteiger partial charge in [0.15, 0.2) is 5.69 Å². The van der Waals surface area contributed by atoms with Crippen molar-refractivity contribution in [3.63, 3.8) is 0 Å². The largest absolute Gasteiger partial charge is 0.494 e. The molecule has 28 heavy (non-hydrogen) atoms. The maximum atomic E-state index is 13.3. The Morgan fingerprint density at radius 3 is 2.46 bits per heavy atom. The molecule has 0 aliphatic carbocycles. The smallest absolute Gasteiger partial charge is 0.407 e. The predicted octanol–water partition coefficient (Wildman–Crippen LogP) is 3.93. The monoisotopic (exact) mass is 394 g/mol. The van der Waals surface area contributed by atoms with Crippen LogP contribution in [-0.2, 0) is 22.1 Å². The molecule has 2 aliphatic heterocycles. The predicted molar refractivity (Wildman–Crippen MR) is 91.3 cm³/mol. The Hall–Kier alpha value is -2.70. The number of alkyl halides is 3. The summed E-state index contributed by atoms with van der Waals surface area (Å²) in [5, 5.41) is 31.3. The average Bonchev–Trinajstić information content (AvgIpc) is 3.14. The fourth-order valence-corrected chi connectivity index (χ4v) is 4.66. The Morgan fingerprint density at radius 1 is 1.25 bits per heavy atom. The maximum absolute atomic E-state index is 13.3. The quantitative estimate of drug-likeness (QED) is 0.675. The molecule has 1 aromatic carbocycles. The summed E-state index contributed by atoms with van der Waals surface area (Å²) in [6.45, 7) is 10.1. The van der Waals surface area contributed by atoms with Crippen LogP contribution < -0.4 is 0 Å². The normalized spacial score (nSPS) is 28.4. The van der Waals surface area contributed by atoms with E-state index in [0.29, 0.717) is 12.0 Å². The average molecular weight is 394 g/mol. The number of aromatic nitrogens is 1. The summed E-state index contributed by atoms with van der Waals surface area (Å²) in [6.07, 6.45) is -4.37. The number of aromatic hydroxyl groups is 2. The highest BCUT2D eigenvalue weighted by atomic mass is 19.4. The van der Waals surface area contributed by atoms with Gasteiger partial charge in [0.1, 0.15) is 5.60 Å². The summed E-state index contributed by atoms with van der Waals surface area (Å²) in [5.41, 5.74) is -3.34. The molecule has 2 aromatic rings. The Kier molecular flexibility index (Phi) is 3.62. The number of hydrogen-bond donors (Lipinski definition) is 3. The van der Waals surface area contributed by atoms with Gasteiger partial charge in [0, 0.05) is 12.5 Å². The minimum atomic E-state index is -4.76. The lowest BCUT2D eigenvalue weighted by Crippen LogP contribution is -2.30. The number of halogens is 3. The molecule has 1 fully saturated rings. The van der Waals surface area contributed by atoms with Gasteiger partial charge in [-0.3, -0.25) is 4.57 Å². The molecule has 1 saturated heterocycles. The highest BCUT2D eigenvalue weighted by Crippen LogP contribution is 2.66. The van der Waals surface area contributed by atoms with Crippen LogP contribution in [0.1, 0.15) is 37.0 Å². The maximum Gasteiger partial charge on any atom is 0.407 e. The van der Waals surface area contributed by atoms with Crippen LogP contribution in [0.2, 0.25) is 0 Å². The van der Waals surface area contributed by atoms with Gasteiger partial charge >= 0.3 is 6.18 Å². The molecule has 0 amide bonds. The molecule has 6 nitrogen and oxygen atoms in total. The van der Waals surface area contributed by atoms with Crippen LogP contribution >= 0.6 is 0 Å². The number of aliphatic hydroxyl groups is 1. The number of benzene rings is 1. The van der Waals surface area contributed by atoms with Crippen molar-refractivity contribution >= 4 is 5.69 Å². The molecule has 3 N–H and O–H groups in total. The van der Waals surface area contributed by atoms with E-state index in [2.05, 4.69) is 4.85 Å². The summed E-state index contributed by atoms with van der Waals surface area (Å²) >= 11 is 0. The molecule has 1 aromatic heterocycles. The zero-order valence-electron chi connectivity index (χ0n) is 15.0. The molecule has 3 heterocycles. The van der Waals surface area contributed by atoms with Crippen molar-refractivity contribution in [3.05, 3.63) is 46.3 Å². The van der Waals surface area contributed by atoms with Gasteiger partial charge in [0.2, 0.25) is 11.8 Å². The molecular formula is C19H17F3N2O4. The van der Waals surface area contributed by atoms with Gasteiger partial charge in [0.25, 0.3) is 0 Å². The van der Waals surface area contributed by atoms with E-state index in [4.69, 9.17) is 11.3 Å². The molecule has 0 spiro atoms. The van der Waals surface area contributed by atoms with Gasteiger partial charge in [0.05, 0.1) is 34.6 Å². The second-order valence-corrected chi connectivity index (χ2v) is 7.57. The summed E-state index contributed by atoms with van der Waals surface area (Å²) in [5.74, 6) is -1.19. The van der Waals surface area contributed by atoms with Crippen LogP contribution in [-0.4, -0.2) is 26.5 Å². The third-order valence-corrected chi connectivity index (χ3v) is 5.88. The first-order valence-electron chi connectivity index (χ1n) is 8.55. The zero-order valence-corrected chi connectivity index (χ0v) is 15.0. The Balaban J connectivity index is 1.96. The Bertz CT molecular complexity index is 1040. The number of fused-ring (bicyclic) bond motifs is 5. The number of hydrogen-bond acceptors (Lipinski definition) is 4. The molecule has 148 valence electrons. The van der Waals surface area contributed by atoms with Gasteiger partial charge in [-0.2, -0.15) is 13.2 Å². The fourth-order valence-electron chi connectivity index (χ4n) is 4.66. The van der Waals surface area contributed by atoms with Crippen molar-refractivity contribution in [1.29, 1.82) is 0 Å². The van der Waals surface area contributed by atoms with Crippen molar-refractivity contribution in [2.24, 2.45) is 5.92 Å². The summed E-state index contributed by atoms with van der Waals surface area (Å²) < 4.78 is 46.9. The second-order valence-electron chi connectivity index (χ2n) is 7.57. The van der Waals surface area contributed by atoms with Crippen molar-refractivity contribution in [2.45, 2.75) is 37.6 Å². The second kappa shape index (κ2) is 5.43. The SMILES string of the molecule is [C-]#[N+]c1ccc(-n2c(O)c3c(c2O)C2(C)OC3(C)C[C@@H]2CO)cc1C(F)(F)F. The van der Waals surface area contributed by atoms with Crippen LogP contribution in [0, 0.1) is 12.5 Å². The molecular weight excluding hydrogens is 377 g/mol. The van der Waals surface area contributed by atoms with Gasteiger partial charge < -0.3 is 20.1 Å². The van der Waals surface area contributed by atoms with Crippen LogP contribution in [0.3, 0.4) is 0 Å². The Morgan fingerprint density at radius 2 is 1.89 bits per heavy atom. The van der Waals surface area contributed by atoms with Crippen molar-refractivity contribution in [3.8, 4) is 17.4 Å². The molecule has 4 rings (SSSR count). The van der Waals surface area contributed by atoms with E-state index in [1.807, 2.05) is 0 Å². The fraction of sp³-hybridized carbons (Fsp3) is 0.421. The molecule has 9 heteroatoms. The van der Waals surface area contributed by atoms with Gasteiger partial charge in [-0.1, -0.05) is 6.07 Å². The van der Waals surface area contributed by atoms with Crippen LogP contribution in [0.15, 0.2) is 18.2 Å². The number of aliphatic hydroxyl groups excluding tert-OH is 1. The van der Waals surface area contributed by atoms with Gasteiger partial charge in [-0.15, -0.1) is 0 Å². The van der Waals surface area contributed by atoms with Crippen LogP contribution in [0.5, 0.6) is 11.8 Å². The van der Waals surface area contributed by atoms with E-state index < -0.39 is 40.4 Å². The molecule has 2 unspecified atom stereocenters. The van der Waals surface area contributed by atoms with E-state index in [1.54, 1.807) is 13.8 Å². The lowest BCUT2D eigenvalue weighted by atomic mass is 9.73. The number of nitrogens with zero attached hydrogens (tertiary/aromatic N) is 2. The highest BCUT2D eigenvalue weighted by molar-refractivity contribution is 5.64. The summed E-state index contributed by atoms with van der Waals surface area (Å²) in [6, 6.07) is 2.95. The lowest BCUT2D eigenvalue weighted by molar-refractivity contribution is -0.136. The molecule has 2 bridgehead atoms. The minimum absolute atomic E-state index is 0.128.